The molecule has 112 valence electrons. The Kier molecular flexibility index (Phi) is 4.01. The van der Waals surface area contributed by atoms with Gasteiger partial charge in [0.2, 0.25) is 0 Å². The lowest BCUT2D eigenvalue weighted by Gasteiger charge is -2.27. The first-order valence-corrected chi connectivity index (χ1v) is 6.65. The van der Waals surface area contributed by atoms with Crippen LogP contribution in [0.4, 0.5) is 24.5 Å². The molecule has 0 bridgehead atoms. The van der Waals surface area contributed by atoms with E-state index in [9.17, 15) is 13.2 Å². The second-order valence-corrected chi connectivity index (χ2v) is 5.40. The Morgan fingerprint density at radius 2 is 1.95 bits per heavy atom. The molecule has 0 aliphatic heterocycles. The van der Waals surface area contributed by atoms with Crippen molar-refractivity contribution in [3.8, 4) is 5.75 Å². The van der Waals surface area contributed by atoms with Gasteiger partial charge in [0.1, 0.15) is 12.3 Å². The number of nitrogen functional groups attached to an aromatic ring is 1. The van der Waals surface area contributed by atoms with Gasteiger partial charge in [-0.15, -0.1) is 0 Å². The molecule has 0 atom stereocenters. The van der Waals surface area contributed by atoms with E-state index in [0.29, 0.717) is 17.1 Å². The van der Waals surface area contributed by atoms with Crippen molar-refractivity contribution in [2.75, 3.05) is 17.2 Å². The predicted molar refractivity (Wildman–Crippen MR) is 73.0 cm³/mol. The Morgan fingerprint density at radius 1 is 1.30 bits per heavy atom. The topological polar surface area (TPSA) is 38.5 Å². The van der Waals surface area contributed by atoms with Gasteiger partial charge in [-0.05, 0) is 32.8 Å². The van der Waals surface area contributed by atoms with E-state index in [-0.39, 0.29) is 12.1 Å². The first-order chi connectivity index (χ1) is 9.24. The number of hydrogen-bond donors (Lipinski definition) is 1. The quantitative estimate of drug-likeness (QED) is 0.842. The Labute approximate surface area is 116 Å². The zero-order valence-corrected chi connectivity index (χ0v) is 11.6. The van der Waals surface area contributed by atoms with E-state index in [2.05, 4.69) is 0 Å². The lowest BCUT2D eigenvalue weighted by molar-refractivity contribution is -0.120. The third-order valence-electron chi connectivity index (χ3n) is 2.95. The molecule has 1 aliphatic carbocycles. The van der Waals surface area contributed by atoms with E-state index in [4.69, 9.17) is 10.5 Å². The van der Waals surface area contributed by atoms with E-state index in [1.807, 2.05) is 13.8 Å². The van der Waals surface area contributed by atoms with Crippen LogP contribution in [0.3, 0.4) is 0 Å². The molecule has 0 radical (unpaired) electrons. The second-order valence-electron chi connectivity index (χ2n) is 5.40. The lowest BCUT2D eigenvalue weighted by atomic mass is 10.2. The fourth-order valence-corrected chi connectivity index (χ4v) is 2.12. The molecule has 1 aliphatic rings. The molecule has 3 nitrogen and oxygen atoms in total. The smallest absolute Gasteiger partial charge is 0.405 e. The van der Waals surface area contributed by atoms with Crippen LogP contribution in [0.2, 0.25) is 0 Å². The normalized spacial score (nSPS) is 15.5. The van der Waals surface area contributed by atoms with Gasteiger partial charge in [0.15, 0.2) is 0 Å². The van der Waals surface area contributed by atoms with Gasteiger partial charge < -0.3 is 15.4 Å². The van der Waals surface area contributed by atoms with Crippen LogP contribution in [0.5, 0.6) is 5.75 Å². The number of ether oxygens (including phenoxy) is 1. The minimum Gasteiger partial charge on any atom is -0.491 e. The van der Waals surface area contributed by atoms with Crippen molar-refractivity contribution in [2.24, 2.45) is 0 Å². The van der Waals surface area contributed by atoms with E-state index >= 15 is 0 Å². The van der Waals surface area contributed by atoms with Gasteiger partial charge in [0, 0.05) is 29.5 Å². The molecule has 2 rings (SSSR count). The molecule has 2 N–H and O–H groups in total. The number of anilines is 2. The van der Waals surface area contributed by atoms with Gasteiger partial charge in [-0.2, -0.15) is 13.2 Å². The Morgan fingerprint density at radius 3 is 2.45 bits per heavy atom. The summed E-state index contributed by atoms with van der Waals surface area (Å²) in [7, 11) is 0. The summed E-state index contributed by atoms with van der Waals surface area (Å²) in [4.78, 5) is 1.36. The van der Waals surface area contributed by atoms with E-state index in [0.717, 1.165) is 12.8 Å². The zero-order valence-electron chi connectivity index (χ0n) is 11.6. The van der Waals surface area contributed by atoms with Crippen LogP contribution in [-0.2, 0) is 0 Å². The number of halogens is 3. The van der Waals surface area contributed by atoms with Gasteiger partial charge in [-0.25, -0.2) is 0 Å². The van der Waals surface area contributed by atoms with Crippen LogP contribution in [0.25, 0.3) is 0 Å². The maximum atomic E-state index is 12.7. The summed E-state index contributed by atoms with van der Waals surface area (Å²) >= 11 is 0. The molecule has 0 heterocycles. The Hall–Kier alpha value is -1.59. The molecular weight excluding hydrogens is 269 g/mol. The largest absolute Gasteiger partial charge is 0.491 e. The molecule has 6 heteroatoms. The van der Waals surface area contributed by atoms with E-state index < -0.39 is 12.7 Å². The molecule has 1 saturated carbocycles. The van der Waals surface area contributed by atoms with Crippen molar-refractivity contribution >= 4 is 11.4 Å². The number of rotatable bonds is 5. The van der Waals surface area contributed by atoms with Crippen LogP contribution in [0.1, 0.15) is 26.7 Å². The van der Waals surface area contributed by atoms with Crippen LogP contribution < -0.4 is 15.4 Å². The summed E-state index contributed by atoms with van der Waals surface area (Å²) in [5.74, 6) is 0.503. The minimum atomic E-state index is -4.23. The maximum absolute atomic E-state index is 12.7. The van der Waals surface area contributed by atoms with Gasteiger partial charge >= 0.3 is 6.18 Å². The number of nitrogens with zero attached hydrogens (tertiary/aromatic N) is 1. The summed E-state index contributed by atoms with van der Waals surface area (Å²) in [6, 6.07) is 4.77. The van der Waals surface area contributed by atoms with Crippen molar-refractivity contribution < 1.29 is 17.9 Å². The first kappa shape index (κ1) is 14.8. The summed E-state index contributed by atoms with van der Waals surface area (Å²) in [6.45, 7) is 2.76. The van der Waals surface area contributed by atoms with Crippen LogP contribution >= 0.6 is 0 Å². The van der Waals surface area contributed by atoms with Crippen LogP contribution in [0.15, 0.2) is 18.2 Å². The van der Waals surface area contributed by atoms with Gasteiger partial charge in [-0.1, -0.05) is 0 Å². The second kappa shape index (κ2) is 5.42. The minimum absolute atomic E-state index is 0.0506. The van der Waals surface area contributed by atoms with Crippen LogP contribution in [0, 0.1) is 0 Å². The molecule has 1 fully saturated rings. The highest BCUT2D eigenvalue weighted by Crippen LogP contribution is 2.37. The van der Waals surface area contributed by atoms with E-state index in [1.165, 1.54) is 4.90 Å². The zero-order chi connectivity index (χ0) is 14.9. The van der Waals surface area contributed by atoms with Gasteiger partial charge in [-0.3, -0.25) is 0 Å². The molecular formula is C14H19F3N2O. The number of nitrogens with two attached hydrogens (primary N) is 1. The summed E-state index contributed by atoms with van der Waals surface area (Å²) < 4.78 is 43.6. The molecule has 0 amide bonds. The van der Waals surface area contributed by atoms with Crippen LogP contribution in [-0.4, -0.2) is 24.9 Å². The summed E-state index contributed by atoms with van der Waals surface area (Å²) in [5, 5.41) is 0. The van der Waals surface area contributed by atoms with Crippen molar-refractivity contribution in [1.29, 1.82) is 0 Å². The number of hydrogen-bond acceptors (Lipinski definition) is 3. The van der Waals surface area contributed by atoms with Crippen molar-refractivity contribution in [1.82, 2.24) is 0 Å². The Balaban J connectivity index is 2.25. The third-order valence-corrected chi connectivity index (χ3v) is 2.95. The first-order valence-electron chi connectivity index (χ1n) is 6.65. The predicted octanol–water partition coefficient (Wildman–Crippen LogP) is 3.59. The molecule has 0 aromatic heterocycles. The average Bonchev–Trinajstić information content (AvgIpc) is 3.06. The highest BCUT2D eigenvalue weighted by molar-refractivity contribution is 5.61. The van der Waals surface area contributed by atoms with Crippen molar-refractivity contribution in [3.05, 3.63) is 18.2 Å². The molecule has 0 unspecified atom stereocenters. The van der Waals surface area contributed by atoms with Crippen molar-refractivity contribution in [2.45, 2.75) is 45.0 Å². The fourth-order valence-electron chi connectivity index (χ4n) is 2.12. The number of alkyl halides is 3. The maximum Gasteiger partial charge on any atom is 0.405 e. The van der Waals surface area contributed by atoms with E-state index in [1.54, 1.807) is 18.2 Å². The molecule has 1 aromatic carbocycles. The molecule has 0 spiro atoms. The number of benzene rings is 1. The summed E-state index contributed by atoms with van der Waals surface area (Å²) in [6.07, 6.45) is -2.72. The standard InChI is InChI=1S/C14H19F3N2O/c1-9(2)20-13-6-10(18)5-12(7-13)19(11-3-4-11)8-14(15,16)17/h5-7,9,11H,3-4,8,18H2,1-2H3. The Bertz CT molecular complexity index is 470. The highest BCUT2D eigenvalue weighted by Gasteiger charge is 2.38. The molecule has 0 saturated heterocycles. The SMILES string of the molecule is CC(C)Oc1cc(N)cc(N(CC(F)(F)F)C2CC2)c1. The molecule has 20 heavy (non-hydrogen) atoms. The van der Waals surface area contributed by atoms with Gasteiger partial charge in [0.25, 0.3) is 0 Å². The van der Waals surface area contributed by atoms with Gasteiger partial charge in [0.05, 0.1) is 6.10 Å². The average molecular weight is 288 g/mol. The monoisotopic (exact) mass is 288 g/mol. The van der Waals surface area contributed by atoms with Crippen molar-refractivity contribution in [3.63, 3.8) is 0 Å². The molecule has 1 aromatic rings. The lowest BCUT2D eigenvalue weighted by Crippen LogP contribution is -2.36. The highest BCUT2D eigenvalue weighted by atomic mass is 19.4. The summed E-state index contributed by atoms with van der Waals surface area (Å²) in [5.41, 5.74) is 6.65. The fraction of sp³-hybridized carbons (Fsp3) is 0.571. The third kappa shape index (κ3) is 4.21.